The van der Waals surface area contributed by atoms with Gasteiger partial charge >= 0.3 is 72.0 Å². The van der Waals surface area contributed by atoms with Crippen molar-refractivity contribution >= 4 is 26.7 Å². The van der Waals surface area contributed by atoms with Gasteiger partial charge in [-0.05, 0) is 0 Å². The molecule has 8 heavy (non-hydrogen) atoms. The van der Waals surface area contributed by atoms with Crippen LogP contribution in [0.15, 0.2) is 0 Å². The Morgan fingerprint density at radius 3 is 2.38 bits per heavy atom. The Hall–Kier alpha value is 1.77. The molecule has 0 N–H and O–H groups in total. The molecule has 50 valence electrons. The maximum atomic E-state index is 5.22. The second kappa shape index (κ2) is 4.56. The van der Waals surface area contributed by atoms with E-state index in [0.717, 1.165) is 21.3 Å². The number of rotatable bonds is 1. The van der Waals surface area contributed by atoms with Gasteiger partial charge in [0, 0.05) is 0 Å². The quantitative estimate of drug-likeness (QED) is 0.389. The topological polar surface area (TPSA) is 9.23 Å². The van der Waals surface area contributed by atoms with Crippen LogP contribution >= 0.6 is 18.6 Å². The van der Waals surface area contributed by atoms with Crippen LogP contribution in [-0.2, 0) is 12.8 Å². The monoisotopic (exact) mass is 358 g/mol. The van der Waals surface area contributed by atoms with Crippen LogP contribution in [0.2, 0.25) is 0 Å². The van der Waals surface area contributed by atoms with Crippen LogP contribution in [0.5, 0.6) is 0 Å². The summed E-state index contributed by atoms with van der Waals surface area (Å²) in [6, 6.07) is 0. The standard InChI is InChI=1S/C4H8I2OS/c5-6-8-3-1-7-2-4-8/h1-4H2. The molecule has 0 bridgehead atoms. The Labute approximate surface area is 71.2 Å². The Balaban J connectivity index is 2.13. The van der Waals surface area contributed by atoms with E-state index in [1.165, 1.54) is 11.5 Å². The summed E-state index contributed by atoms with van der Waals surface area (Å²) in [6.45, 7) is 2.07. The summed E-state index contributed by atoms with van der Waals surface area (Å²) in [6.07, 6.45) is 0. The van der Waals surface area contributed by atoms with Gasteiger partial charge in [-0.3, -0.25) is 0 Å². The van der Waals surface area contributed by atoms with Crippen molar-refractivity contribution in [1.29, 1.82) is 0 Å². The minimum absolute atomic E-state index is 0.504. The fraction of sp³-hybridized carbons (Fsp3) is 1.00. The van der Waals surface area contributed by atoms with Crippen LogP contribution in [-0.4, -0.2) is 24.7 Å². The van der Waals surface area contributed by atoms with Crippen molar-refractivity contribution in [2.75, 3.05) is 24.7 Å². The Morgan fingerprint density at radius 2 is 2.00 bits per heavy atom. The van der Waals surface area contributed by atoms with Crippen LogP contribution in [0, 0.1) is 0 Å². The van der Waals surface area contributed by atoms with Crippen molar-refractivity contribution in [3.05, 3.63) is 0 Å². The summed E-state index contributed by atoms with van der Waals surface area (Å²) in [4.78, 5) is 0. The molecule has 1 saturated heterocycles. The van der Waals surface area contributed by atoms with Crippen LogP contribution < -0.4 is 15.8 Å². The first-order valence-corrected chi connectivity index (χ1v) is 12.8. The van der Waals surface area contributed by atoms with E-state index in [0.29, 0.717) is 15.8 Å². The fourth-order valence-electron chi connectivity index (χ4n) is 0.561. The third-order valence-corrected chi connectivity index (χ3v) is 15.9. The summed E-state index contributed by atoms with van der Waals surface area (Å²) in [5.74, 6) is 2.71. The molecule has 0 aromatic carbocycles. The van der Waals surface area contributed by atoms with Gasteiger partial charge in [0.2, 0.25) is 0 Å². The second-order valence-electron chi connectivity index (χ2n) is 1.50. The van der Waals surface area contributed by atoms with Crippen LogP contribution in [0.3, 0.4) is 0 Å². The van der Waals surface area contributed by atoms with Gasteiger partial charge in [0.05, 0.1) is 0 Å². The van der Waals surface area contributed by atoms with Crippen molar-refractivity contribution in [3.8, 4) is 0 Å². The summed E-state index contributed by atoms with van der Waals surface area (Å²) in [7, 11) is 0.820. The molecule has 0 aliphatic carbocycles. The van der Waals surface area contributed by atoms with E-state index in [9.17, 15) is 0 Å². The SMILES string of the molecule is I[I-][S+]1CCOCC1. The van der Waals surface area contributed by atoms with Gasteiger partial charge in [-0.2, -0.15) is 0 Å². The summed E-state index contributed by atoms with van der Waals surface area (Å²) < 4.78 is 5.22. The first kappa shape index (κ1) is 7.87. The zero-order valence-corrected chi connectivity index (χ0v) is 9.53. The van der Waals surface area contributed by atoms with Gasteiger partial charge in [-0.15, -0.1) is 0 Å². The molecule has 0 aromatic rings. The van der Waals surface area contributed by atoms with Crippen molar-refractivity contribution in [3.63, 3.8) is 0 Å². The molecule has 0 unspecified atom stereocenters. The number of hydrogen-bond acceptors (Lipinski definition) is 1. The van der Waals surface area contributed by atoms with E-state index < -0.39 is 0 Å². The molecule has 0 aromatic heterocycles. The predicted octanol–water partition coefficient (Wildman–Crippen LogP) is -2.01. The third-order valence-electron chi connectivity index (χ3n) is 0.981. The molecule has 0 spiro atoms. The van der Waals surface area contributed by atoms with Gasteiger partial charge in [0.15, 0.2) is 0 Å². The molecule has 1 fully saturated rings. The Morgan fingerprint density at radius 1 is 1.38 bits per heavy atom. The van der Waals surface area contributed by atoms with E-state index in [1.807, 2.05) is 0 Å². The van der Waals surface area contributed by atoms with E-state index >= 15 is 0 Å². The van der Waals surface area contributed by atoms with Gasteiger partial charge < -0.3 is 0 Å². The number of hydrogen-bond donors (Lipinski definition) is 0. The van der Waals surface area contributed by atoms with Crippen molar-refractivity contribution in [2.24, 2.45) is 0 Å². The number of ether oxygens (including phenoxy) is 1. The van der Waals surface area contributed by atoms with Gasteiger partial charge in [0.25, 0.3) is 0 Å². The second-order valence-corrected chi connectivity index (χ2v) is 14.7. The van der Waals surface area contributed by atoms with E-state index in [2.05, 4.69) is 18.6 Å². The van der Waals surface area contributed by atoms with Crippen molar-refractivity contribution < 1.29 is 20.6 Å². The molecule has 1 heterocycles. The minimum atomic E-state index is 0.504. The molecular weight excluding hydrogens is 350 g/mol. The number of halogens is 2. The molecule has 4 heteroatoms. The van der Waals surface area contributed by atoms with Gasteiger partial charge in [-0.1, -0.05) is 0 Å². The van der Waals surface area contributed by atoms with E-state index in [-0.39, 0.29) is 0 Å². The zero-order chi connectivity index (χ0) is 5.82. The van der Waals surface area contributed by atoms with Crippen molar-refractivity contribution in [2.45, 2.75) is 0 Å². The van der Waals surface area contributed by atoms with Crippen LogP contribution in [0.25, 0.3) is 0 Å². The van der Waals surface area contributed by atoms with Crippen molar-refractivity contribution in [1.82, 2.24) is 0 Å². The first-order valence-electron chi connectivity index (χ1n) is 2.45. The fourth-order valence-corrected chi connectivity index (χ4v) is 10.3. The van der Waals surface area contributed by atoms with E-state index in [1.54, 1.807) is 0 Å². The van der Waals surface area contributed by atoms with E-state index in [4.69, 9.17) is 4.74 Å². The van der Waals surface area contributed by atoms with Gasteiger partial charge in [-0.25, -0.2) is 0 Å². The summed E-state index contributed by atoms with van der Waals surface area (Å²) in [5, 5.41) is 0. The predicted molar refractivity (Wildman–Crippen MR) is 41.9 cm³/mol. The molecular formula is C4H8I2OS. The van der Waals surface area contributed by atoms with Crippen LogP contribution in [0.1, 0.15) is 0 Å². The zero-order valence-electron chi connectivity index (χ0n) is 4.40. The molecule has 1 nitrogen and oxygen atoms in total. The molecule has 0 radical (unpaired) electrons. The van der Waals surface area contributed by atoms with Crippen LogP contribution in [0.4, 0.5) is 0 Å². The molecule has 0 atom stereocenters. The maximum absolute atomic E-state index is 5.22. The Bertz CT molecular complexity index is 65.1. The normalized spacial score (nSPS) is 24.1. The molecule has 1 rings (SSSR count). The molecule has 1 aliphatic rings. The molecule has 0 saturated carbocycles. The van der Waals surface area contributed by atoms with Gasteiger partial charge in [0.1, 0.15) is 0 Å². The third kappa shape index (κ3) is 2.57. The molecule has 1 aliphatic heterocycles. The average molecular weight is 358 g/mol. The first-order chi connectivity index (χ1) is 3.93. The molecule has 0 amide bonds. The summed E-state index contributed by atoms with van der Waals surface area (Å²) in [5.41, 5.74) is 0. The summed E-state index contributed by atoms with van der Waals surface area (Å²) >= 11 is 3.08. The Kier molecular flexibility index (Phi) is 4.49. The average Bonchev–Trinajstić information content (AvgIpc) is 1.90.